The highest BCUT2D eigenvalue weighted by atomic mass is 35.5. The van der Waals surface area contributed by atoms with Gasteiger partial charge in [0.1, 0.15) is 5.75 Å². The van der Waals surface area contributed by atoms with Crippen molar-refractivity contribution in [2.75, 3.05) is 12.4 Å². The average molecular weight is 385 g/mol. The lowest BCUT2D eigenvalue weighted by Crippen LogP contribution is -2.30. The van der Waals surface area contributed by atoms with Crippen LogP contribution in [0, 0.1) is 10.1 Å². The fourth-order valence-electron chi connectivity index (χ4n) is 1.94. The number of benzene rings is 2. The Labute approximate surface area is 153 Å². The Morgan fingerprint density at radius 1 is 1.24 bits per heavy atom. The molecular weight excluding hydrogens is 371 g/mol. The first-order valence-electron chi connectivity index (χ1n) is 7.07. The van der Waals surface area contributed by atoms with Gasteiger partial charge in [-0.1, -0.05) is 23.2 Å². The number of rotatable bonds is 6. The minimum atomic E-state index is -1.00. The summed E-state index contributed by atoms with van der Waals surface area (Å²) >= 11 is 11.8. The summed E-state index contributed by atoms with van der Waals surface area (Å²) in [5.41, 5.74) is 0.0549. The molecule has 0 radical (unpaired) electrons. The lowest BCUT2D eigenvalue weighted by molar-refractivity contribution is -0.386. The molecule has 7 nitrogen and oxygen atoms in total. The molecule has 2 aromatic rings. The van der Waals surface area contributed by atoms with Crippen LogP contribution in [-0.2, 0) is 4.79 Å². The largest absolute Gasteiger partial charge is 0.496 e. The smallest absolute Gasteiger partial charge is 0.314 e. The number of nitrogens with zero attached hydrogens (tertiary/aromatic N) is 1. The van der Waals surface area contributed by atoms with E-state index in [-0.39, 0.29) is 16.5 Å². The van der Waals surface area contributed by atoms with Gasteiger partial charge in [0.2, 0.25) is 0 Å². The van der Waals surface area contributed by atoms with Gasteiger partial charge in [-0.05, 0) is 37.3 Å². The van der Waals surface area contributed by atoms with E-state index in [0.717, 1.165) is 0 Å². The molecule has 2 aromatic carbocycles. The van der Waals surface area contributed by atoms with Crippen LogP contribution < -0.4 is 14.8 Å². The van der Waals surface area contributed by atoms with Crippen LogP contribution in [0.4, 0.5) is 11.4 Å². The highest BCUT2D eigenvalue weighted by molar-refractivity contribution is 6.36. The maximum absolute atomic E-state index is 12.2. The van der Waals surface area contributed by atoms with Crippen molar-refractivity contribution in [3.05, 3.63) is 56.6 Å². The number of hydrogen-bond acceptors (Lipinski definition) is 5. The van der Waals surface area contributed by atoms with Crippen molar-refractivity contribution in [1.82, 2.24) is 0 Å². The van der Waals surface area contributed by atoms with E-state index in [1.807, 2.05) is 0 Å². The van der Waals surface area contributed by atoms with E-state index in [1.165, 1.54) is 38.3 Å². The number of halogens is 2. The lowest BCUT2D eigenvalue weighted by atomic mass is 10.2. The summed E-state index contributed by atoms with van der Waals surface area (Å²) in [4.78, 5) is 22.8. The molecule has 9 heteroatoms. The van der Waals surface area contributed by atoms with Crippen molar-refractivity contribution in [1.29, 1.82) is 0 Å². The first-order chi connectivity index (χ1) is 11.8. The van der Waals surface area contributed by atoms with Gasteiger partial charge in [-0.15, -0.1) is 0 Å². The van der Waals surface area contributed by atoms with E-state index in [2.05, 4.69) is 5.32 Å². The SMILES string of the molecule is COc1ccc(O[C@H](C)C(=O)Nc2ccc(Cl)cc2Cl)c([N+](=O)[O-])c1. The molecule has 0 fully saturated rings. The van der Waals surface area contributed by atoms with Gasteiger partial charge < -0.3 is 14.8 Å². The number of methoxy groups -OCH3 is 1. The van der Waals surface area contributed by atoms with E-state index < -0.39 is 16.9 Å². The Kier molecular flexibility index (Phi) is 6.06. The summed E-state index contributed by atoms with van der Waals surface area (Å²) in [5.74, 6) is -0.255. The maximum atomic E-state index is 12.2. The number of hydrogen-bond donors (Lipinski definition) is 1. The van der Waals surface area contributed by atoms with Gasteiger partial charge in [0, 0.05) is 5.02 Å². The quantitative estimate of drug-likeness (QED) is 0.591. The monoisotopic (exact) mass is 384 g/mol. The normalized spacial score (nSPS) is 11.5. The van der Waals surface area contributed by atoms with Crippen molar-refractivity contribution < 1.29 is 19.2 Å². The first-order valence-corrected chi connectivity index (χ1v) is 7.82. The average Bonchev–Trinajstić information content (AvgIpc) is 2.57. The van der Waals surface area contributed by atoms with Crippen LogP contribution in [-0.4, -0.2) is 24.0 Å². The molecule has 0 saturated carbocycles. The summed E-state index contributed by atoms with van der Waals surface area (Å²) in [6.45, 7) is 1.47. The molecule has 0 spiro atoms. The van der Waals surface area contributed by atoms with Gasteiger partial charge in [-0.25, -0.2) is 0 Å². The van der Waals surface area contributed by atoms with Crippen molar-refractivity contribution in [3.63, 3.8) is 0 Å². The van der Waals surface area contributed by atoms with Crippen LogP contribution in [0.25, 0.3) is 0 Å². The van der Waals surface area contributed by atoms with Gasteiger partial charge in [-0.3, -0.25) is 14.9 Å². The van der Waals surface area contributed by atoms with Crippen LogP contribution in [0.5, 0.6) is 11.5 Å². The number of nitro groups is 1. The topological polar surface area (TPSA) is 90.7 Å². The molecule has 0 aliphatic rings. The van der Waals surface area contributed by atoms with Crippen LogP contribution >= 0.6 is 23.2 Å². The van der Waals surface area contributed by atoms with Crippen molar-refractivity contribution in [2.24, 2.45) is 0 Å². The zero-order valence-electron chi connectivity index (χ0n) is 13.3. The minimum absolute atomic E-state index is 0.0457. The van der Waals surface area contributed by atoms with Gasteiger partial charge in [-0.2, -0.15) is 0 Å². The number of carbonyl (C=O) groups is 1. The van der Waals surface area contributed by atoms with Crippen LogP contribution in [0.2, 0.25) is 10.0 Å². The zero-order valence-corrected chi connectivity index (χ0v) is 14.8. The molecule has 0 saturated heterocycles. The molecule has 132 valence electrons. The number of carbonyl (C=O) groups excluding carboxylic acids is 1. The fraction of sp³-hybridized carbons (Fsp3) is 0.188. The van der Waals surface area contributed by atoms with Crippen molar-refractivity contribution >= 4 is 40.5 Å². The highest BCUT2D eigenvalue weighted by Gasteiger charge is 2.22. The third-order valence-electron chi connectivity index (χ3n) is 3.22. The zero-order chi connectivity index (χ0) is 18.6. The van der Waals surface area contributed by atoms with E-state index in [9.17, 15) is 14.9 Å². The van der Waals surface area contributed by atoms with Crippen LogP contribution in [0.1, 0.15) is 6.92 Å². The number of anilines is 1. The molecular formula is C16H14Cl2N2O5. The lowest BCUT2D eigenvalue weighted by Gasteiger charge is -2.15. The fourth-order valence-corrected chi connectivity index (χ4v) is 2.39. The molecule has 1 N–H and O–H groups in total. The third kappa shape index (κ3) is 4.74. The Morgan fingerprint density at radius 3 is 2.56 bits per heavy atom. The third-order valence-corrected chi connectivity index (χ3v) is 3.77. The van der Waals surface area contributed by atoms with E-state index >= 15 is 0 Å². The van der Waals surface area contributed by atoms with Crippen LogP contribution in [0.3, 0.4) is 0 Å². The number of ether oxygens (including phenoxy) is 2. The Bertz CT molecular complexity index is 813. The van der Waals surface area contributed by atoms with E-state index in [1.54, 1.807) is 12.1 Å². The second-order valence-electron chi connectivity index (χ2n) is 4.96. The van der Waals surface area contributed by atoms with E-state index in [0.29, 0.717) is 16.5 Å². The molecule has 0 aliphatic carbocycles. The standard InChI is InChI=1S/C16H14Cl2N2O5/c1-9(16(21)19-13-5-3-10(17)7-12(13)18)25-15-6-4-11(24-2)8-14(15)20(22)23/h3-9H,1-2H3,(H,19,21)/t9-/m1/s1. The molecule has 0 aromatic heterocycles. The summed E-state index contributed by atoms with van der Waals surface area (Å²) in [7, 11) is 1.39. The summed E-state index contributed by atoms with van der Waals surface area (Å²) < 4.78 is 10.4. The molecule has 1 atom stereocenters. The predicted molar refractivity (Wildman–Crippen MR) is 94.8 cm³/mol. The Hall–Kier alpha value is -2.51. The molecule has 2 rings (SSSR count). The Balaban J connectivity index is 2.14. The first kappa shape index (κ1) is 18.8. The molecule has 0 unspecified atom stereocenters. The predicted octanol–water partition coefficient (Wildman–Crippen LogP) is 4.32. The van der Waals surface area contributed by atoms with Crippen LogP contribution in [0.15, 0.2) is 36.4 Å². The second kappa shape index (κ2) is 8.04. The van der Waals surface area contributed by atoms with E-state index in [4.69, 9.17) is 32.7 Å². The van der Waals surface area contributed by atoms with Gasteiger partial charge >= 0.3 is 5.69 Å². The molecule has 0 bridgehead atoms. The molecule has 0 heterocycles. The summed E-state index contributed by atoms with van der Waals surface area (Å²) in [5, 5.41) is 14.4. The Morgan fingerprint density at radius 2 is 1.96 bits per heavy atom. The van der Waals surface area contributed by atoms with Crippen molar-refractivity contribution in [3.8, 4) is 11.5 Å². The molecule has 1 amide bonds. The molecule has 0 aliphatic heterocycles. The van der Waals surface area contributed by atoms with Crippen molar-refractivity contribution in [2.45, 2.75) is 13.0 Å². The maximum Gasteiger partial charge on any atom is 0.314 e. The summed E-state index contributed by atoms with van der Waals surface area (Å²) in [6, 6.07) is 8.70. The number of nitro benzene ring substituents is 1. The van der Waals surface area contributed by atoms with Gasteiger partial charge in [0.05, 0.1) is 28.8 Å². The highest BCUT2D eigenvalue weighted by Crippen LogP contribution is 2.32. The minimum Gasteiger partial charge on any atom is -0.496 e. The number of nitrogens with one attached hydrogen (secondary N) is 1. The van der Waals surface area contributed by atoms with Gasteiger partial charge in [0.25, 0.3) is 5.91 Å². The summed E-state index contributed by atoms with van der Waals surface area (Å²) in [6.07, 6.45) is -1.00. The number of amides is 1. The second-order valence-corrected chi connectivity index (χ2v) is 5.81. The molecule has 25 heavy (non-hydrogen) atoms. The van der Waals surface area contributed by atoms with Gasteiger partial charge in [0.15, 0.2) is 11.9 Å².